The average Bonchev–Trinajstić information content (AvgIpc) is 2.73. The lowest BCUT2D eigenvalue weighted by Gasteiger charge is -2.16. The van der Waals surface area contributed by atoms with E-state index in [4.69, 9.17) is 21.1 Å². The fourth-order valence-electron chi connectivity index (χ4n) is 2.87. The van der Waals surface area contributed by atoms with Crippen LogP contribution in [0.5, 0.6) is 11.5 Å². The summed E-state index contributed by atoms with van der Waals surface area (Å²) in [4.78, 5) is 0. The van der Waals surface area contributed by atoms with Crippen molar-refractivity contribution in [1.29, 1.82) is 0 Å². The van der Waals surface area contributed by atoms with Crippen molar-refractivity contribution in [3.05, 3.63) is 22.7 Å². The number of halogens is 1. The van der Waals surface area contributed by atoms with Gasteiger partial charge in [-0.2, -0.15) is 0 Å². The summed E-state index contributed by atoms with van der Waals surface area (Å²) in [6.45, 7) is 1.12. The monoisotopic (exact) mass is 281 g/mol. The molecule has 0 spiro atoms. The summed E-state index contributed by atoms with van der Waals surface area (Å²) >= 11 is 6.19. The second kappa shape index (κ2) is 6.02. The number of hydrogen-bond donors (Lipinski definition) is 1. The topological polar surface area (TPSA) is 30.5 Å². The Morgan fingerprint density at radius 1 is 1.11 bits per heavy atom. The van der Waals surface area contributed by atoms with Gasteiger partial charge in [-0.05, 0) is 30.5 Å². The summed E-state index contributed by atoms with van der Waals surface area (Å²) in [6, 6.07) is 4.64. The summed E-state index contributed by atoms with van der Waals surface area (Å²) in [7, 11) is 0. The van der Waals surface area contributed by atoms with Gasteiger partial charge in [-0.3, -0.25) is 0 Å². The maximum atomic E-state index is 6.19. The molecular weight excluding hydrogens is 262 g/mol. The van der Waals surface area contributed by atoms with Crippen molar-refractivity contribution in [1.82, 2.24) is 5.32 Å². The van der Waals surface area contributed by atoms with Gasteiger partial charge in [0.25, 0.3) is 0 Å². The predicted octanol–water partition coefficient (Wildman–Crippen LogP) is 3.88. The molecule has 0 atom stereocenters. The summed E-state index contributed by atoms with van der Waals surface area (Å²) in [5, 5.41) is 4.29. The molecule has 0 amide bonds. The minimum absolute atomic E-state index is 0.272. The molecule has 1 aromatic rings. The van der Waals surface area contributed by atoms with Crippen LogP contribution in [0, 0.1) is 0 Å². The molecule has 1 aliphatic carbocycles. The highest BCUT2D eigenvalue weighted by atomic mass is 35.5. The fourth-order valence-corrected chi connectivity index (χ4v) is 3.16. The lowest BCUT2D eigenvalue weighted by Crippen LogP contribution is -2.27. The van der Waals surface area contributed by atoms with Gasteiger partial charge in [0.1, 0.15) is 0 Å². The van der Waals surface area contributed by atoms with E-state index in [2.05, 4.69) is 5.32 Å². The Morgan fingerprint density at radius 2 is 1.89 bits per heavy atom. The van der Waals surface area contributed by atoms with Gasteiger partial charge in [-0.25, -0.2) is 0 Å². The van der Waals surface area contributed by atoms with Crippen molar-refractivity contribution in [2.45, 2.75) is 51.1 Å². The molecule has 1 fully saturated rings. The highest BCUT2D eigenvalue weighted by molar-refractivity contribution is 6.32. The van der Waals surface area contributed by atoms with E-state index in [1.165, 1.54) is 44.1 Å². The van der Waals surface area contributed by atoms with E-state index >= 15 is 0 Å². The molecule has 1 aliphatic heterocycles. The molecule has 2 aliphatic rings. The van der Waals surface area contributed by atoms with Gasteiger partial charge in [-0.15, -0.1) is 0 Å². The quantitative estimate of drug-likeness (QED) is 0.853. The maximum absolute atomic E-state index is 6.19. The molecular formula is C15H20ClNO2. The summed E-state index contributed by atoms with van der Waals surface area (Å²) in [5.41, 5.74) is 1.17. The van der Waals surface area contributed by atoms with Crippen LogP contribution >= 0.6 is 11.6 Å². The van der Waals surface area contributed by atoms with Crippen molar-refractivity contribution in [3.63, 3.8) is 0 Å². The van der Waals surface area contributed by atoms with E-state index in [0.29, 0.717) is 16.8 Å². The van der Waals surface area contributed by atoms with Gasteiger partial charge in [0.05, 0.1) is 5.02 Å². The maximum Gasteiger partial charge on any atom is 0.231 e. The van der Waals surface area contributed by atoms with Gasteiger partial charge in [-0.1, -0.05) is 37.3 Å². The van der Waals surface area contributed by atoms with E-state index < -0.39 is 0 Å². The zero-order chi connectivity index (χ0) is 13.1. The lowest BCUT2D eigenvalue weighted by atomic mass is 10.1. The number of hydrogen-bond acceptors (Lipinski definition) is 3. The molecule has 1 heterocycles. The van der Waals surface area contributed by atoms with E-state index in [9.17, 15) is 0 Å². The average molecular weight is 282 g/mol. The van der Waals surface area contributed by atoms with Crippen LogP contribution in [0.1, 0.15) is 44.1 Å². The van der Waals surface area contributed by atoms with Crippen LogP contribution in [0.4, 0.5) is 0 Å². The van der Waals surface area contributed by atoms with E-state index in [1.54, 1.807) is 0 Å². The zero-order valence-corrected chi connectivity index (χ0v) is 11.8. The predicted molar refractivity (Wildman–Crippen MR) is 75.9 cm³/mol. The Hall–Kier alpha value is -0.930. The number of nitrogens with one attached hydrogen (secondary N) is 1. The van der Waals surface area contributed by atoms with Gasteiger partial charge < -0.3 is 14.8 Å². The van der Waals surface area contributed by atoms with Crippen molar-refractivity contribution in [3.8, 4) is 11.5 Å². The van der Waals surface area contributed by atoms with Gasteiger partial charge in [0.15, 0.2) is 11.5 Å². The first-order chi connectivity index (χ1) is 9.33. The first kappa shape index (κ1) is 13.1. The second-order valence-corrected chi connectivity index (χ2v) is 5.79. The molecule has 3 rings (SSSR count). The molecule has 1 N–H and O–H groups in total. The van der Waals surface area contributed by atoms with Crippen molar-refractivity contribution >= 4 is 11.6 Å². The van der Waals surface area contributed by atoms with Crippen LogP contribution < -0.4 is 14.8 Å². The molecule has 0 saturated heterocycles. The standard InChI is InChI=1S/C15H20ClNO2/c16-13-7-11(8-14-15(13)19-10-18-14)9-17-12-5-3-1-2-4-6-12/h7-8,12,17H,1-6,9-10H2. The lowest BCUT2D eigenvalue weighted by molar-refractivity contribution is 0.174. The van der Waals surface area contributed by atoms with E-state index in [1.807, 2.05) is 12.1 Å². The molecule has 0 bridgehead atoms. The Morgan fingerprint density at radius 3 is 2.68 bits per heavy atom. The molecule has 1 saturated carbocycles. The Labute approximate surface area is 119 Å². The molecule has 104 valence electrons. The third-order valence-corrected chi connectivity index (χ3v) is 4.22. The highest BCUT2D eigenvalue weighted by Gasteiger charge is 2.18. The molecule has 0 unspecified atom stereocenters. The van der Waals surface area contributed by atoms with Crippen molar-refractivity contribution in [2.24, 2.45) is 0 Å². The first-order valence-corrected chi connectivity index (χ1v) is 7.52. The number of ether oxygens (including phenoxy) is 2. The van der Waals surface area contributed by atoms with Crippen LogP contribution in [0.25, 0.3) is 0 Å². The number of rotatable bonds is 3. The van der Waals surface area contributed by atoms with Crippen LogP contribution in [0.15, 0.2) is 12.1 Å². The normalized spacial score (nSPS) is 19.4. The smallest absolute Gasteiger partial charge is 0.231 e. The molecule has 19 heavy (non-hydrogen) atoms. The second-order valence-electron chi connectivity index (χ2n) is 5.38. The largest absolute Gasteiger partial charge is 0.454 e. The number of fused-ring (bicyclic) bond motifs is 1. The SMILES string of the molecule is Clc1cc(CNC2CCCCCC2)cc2c1OCO2. The molecule has 3 nitrogen and oxygen atoms in total. The van der Waals surface area contributed by atoms with E-state index in [0.717, 1.165) is 12.3 Å². The highest BCUT2D eigenvalue weighted by Crippen LogP contribution is 2.39. The Balaban J connectivity index is 1.62. The van der Waals surface area contributed by atoms with Gasteiger partial charge in [0, 0.05) is 12.6 Å². The van der Waals surface area contributed by atoms with Crippen LogP contribution in [0.2, 0.25) is 5.02 Å². The molecule has 0 aromatic heterocycles. The van der Waals surface area contributed by atoms with Crippen molar-refractivity contribution in [2.75, 3.05) is 6.79 Å². The van der Waals surface area contributed by atoms with Crippen LogP contribution in [-0.4, -0.2) is 12.8 Å². The van der Waals surface area contributed by atoms with Crippen molar-refractivity contribution < 1.29 is 9.47 Å². The zero-order valence-electron chi connectivity index (χ0n) is 11.1. The first-order valence-electron chi connectivity index (χ1n) is 7.14. The minimum Gasteiger partial charge on any atom is -0.454 e. The van der Waals surface area contributed by atoms with Crippen LogP contribution in [0.3, 0.4) is 0 Å². The fraction of sp³-hybridized carbons (Fsp3) is 0.600. The molecule has 0 radical (unpaired) electrons. The van der Waals surface area contributed by atoms with Gasteiger partial charge >= 0.3 is 0 Å². The Kier molecular flexibility index (Phi) is 4.14. The third kappa shape index (κ3) is 3.15. The number of benzene rings is 1. The minimum atomic E-state index is 0.272. The van der Waals surface area contributed by atoms with E-state index in [-0.39, 0.29) is 6.79 Å². The Bertz CT molecular complexity index is 442. The third-order valence-electron chi connectivity index (χ3n) is 3.94. The molecule has 1 aromatic carbocycles. The molecule has 4 heteroatoms. The van der Waals surface area contributed by atoms with Crippen LogP contribution in [-0.2, 0) is 6.54 Å². The van der Waals surface area contributed by atoms with Gasteiger partial charge in [0.2, 0.25) is 6.79 Å². The summed E-state index contributed by atoms with van der Waals surface area (Å²) in [5.74, 6) is 1.45. The summed E-state index contributed by atoms with van der Waals surface area (Å²) in [6.07, 6.45) is 8.04. The summed E-state index contributed by atoms with van der Waals surface area (Å²) < 4.78 is 10.7.